The molecule has 1 aromatic heterocycles. The normalized spacial score (nSPS) is 25.8. The molecule has 2 N–H and O–H groups in total. The smallest absolute Gasteiger partial charge is 0.258 e. The Morgan fingerprint density at radius 1 is 1.41 bits per heavy atom. The van der Waals surface area contributed by atoms with Crippen LogP contribution in [0.2, 0.25) is 0 Å². The maximum absolute atomic E-state index is 12.0. The fraction of sp³-hybridized carbons (Fsp3) is 0.455. The van der Waals surface area contributed by atoms with E-state index in [1.807, 2.05) is 13.8 Å². The Morgan fingerprint density at radius 2 is 2.12 bits per heavy atom. The van der Waals surface area contributed by atoms with E-state index in [0.717, 1.165) is 5.69 Å². The molecule has 2 heterocycles. The van der Waals surface area contributed by atoms with Crippen LogP contribution >= 0.6 is 0 Å². The molecule has 0 radical (unpaired) electrons. The van der Waals surface area contributed by atoms with Gasteiger partial charge >= 0.3 is 0 Å². The minimum absolute atomic E-state index is 0.159. The zero-order valence-corrected chi connectivity index (χ0v) is 10.1. The molecular formula is C11H15N5O. The summed E-state index contributed by atoms with van der Waals surface area (Å²) in [6.45, 7) is 6.12. The third kappa shape index (κ3) is 1.86. The highest BCUT2D eigenvalue weighted by molar-refractivity contribution is 6.09. The van der Waals surface area contributed by atoms with Crippen molar-refractivity contribution in [3.8, 4) is 0 Å². The van der Waals surface area contributed by atoms with Crippen molar-refractivity contribution in [2.75, 3.05) is 6.54 Å². The van der Waals surface area contributed by atoms with Crippen LogP contribution in [0.15, 0.2) is 17.4 Å². The van der Waals surface area contributed by atoms with Gasteiger partial charge < -0.3 is 5.32 Å². The fourth-order valence-corrected chi connectivity index (χ4v) is 1.86. The molecule has 1 unspecified atom stereocenters. The minimum atomic E-state index is -0.896. The number of hydrogen-bond donors (Lipinski definition) is 2. The lowest BCUT2D eigenvalue weighted by Gasteiger charge is -2.21. The van der Waals surface area contributed by atoms with Crippen LogP contribution in [-0.2, 0) is 10.3 Å². The topological polar surface area (TPSA) is 79.3 Å². The second kappa shape index (κ2) is 4.12. The Labute approximate surface area is 99.6 Å². The van der Waals surface area contributed by atoms with Crippen LogP contribution < -0.4 is 10.6 Å². The van der Waals surface area contributed by atoms with Crippen molar-refractivity contribution in [3.05, 3.63) is 23.8 Å². The average Bonchev–Trinajstić information content (AvgIpc) is 2.56. The maximum atomic E-state index is 12.0. The van der Waals surface area contributed by atoms with Crippen molar-refractivity contribution < 1.29 is 4.79 Å². The van der Waals surface area contributed by atoms with Gasteiger partial charge in [-0.15, -0.1) is 0 Å². The number of guanidine groups is 1. The number of carbonyl (C=O) groups excluding carboxylic acids is 1. The van der Waals surface area contributed by atoms with E-state index >= 15 is 0 Å². The summed E-state index contributed by atoms with van der Waals surface area (Å²) in [7, 11) is 0. The molecule has 1 aliphatic heterocycles. The predicted molar refractivity (Wildman–Crippen MR) is 63.4 cm³/mol. The number of carbonyl (C=O) groups is 1. The van der Waals surface area contributed by atoms with Crippen molar-refractivity contribution >= 4 is 11.9 Å². The van der Waals surface area contributed by atoms with E-state index in [0.29, 0.717) is 18.2 Å². The molecule has 1 atom stereocenters. The number of aromatic nitrogens is 2. The molecule has 1 saturated heterocycles. The van der Waals surface area contributed by atoms with Gasteiger partial charge in [-0.3, -0.25) is 25.1 Å². The molecule has 6 heteroatoms. The lowest BCUT2D eigenvalue weighted by atomic mass is 9.96. The predicted octanol–water partition coefficient (Wildman–Crippen LogP) is 0.0955. The van der Waals surface area contributed by atoms with Gasteiger partial charge in [0.1, 0.15) is 0 Å². The average molecular weight is 233 g/mol. The second-order valence-corrected chi connectivity index (χ2v) is 4.02. The van der Waals surface area contributed by atoms with Crippen LogP contribution in [0.25, 0.3) is 0 Å². The van der Waals surface area contributed by atoms with Gasteiger partial charge in [0.05, 0.1) is 11.4 Å². The highest BCUT2D eigenvalue weighted by Crippen LogP contribution is 2.23. The highest BCUT2D eigenvalue weighted by Gasteiger charge is 2.44. The molecule has 6 nitrogen and oxygen atoms in total. The molecule has 17 heavy (non-hydrogen) atoms. The quantitative estimate of drug-likeness (QED) is 0.759. The van der Waals surface area contributed by atoms with Crippen LogP contribution in [0, 0.1) is 6.92 Å². The largest absolute Gasteiger partial charge is 0.337 e. The van der Waals surface area contributed by atoms with E-state index in [1.165, 1.54) is 0 Å². The zero-order chi connectivity index (χ0) is 12.5. The second-order valence-electron chi connectivity index (χ2n) is 4.02. The molecule has 0 spiro atoms. The Hall–Kier alpha value is -1.98. The summed E-state index contributed by atoms with van der Waals surface area (Å²) in [6, 6.07) is 0. The van der Waals surface area contributed by atoms with E-state index in [4.69, 9.17) is 0 Å². The summed E-state index contributed by atoms with van der Waals surface area (Å²) in [5, 5.41) is 5.77. The summed E-state index contributed by atoms with van der Waals surface area (Å²) in [4.78, 5) is 24.5. The lowest BCUT2D eigenvalue weighted by molar-refractivity contribution is -0.123. The SMILES string of the molecule is CCN=C1NC(=O)C(C)(c2nccnc2C)N1. The number of amides is 1. The van der Waals surface area contributed by atoms with Gasteiger partial charge in [-0.05, 0) is 20.8 Å². The first kappa shape index (κ1) is 11.5. The van der Waals surface area contributed by atoms with Crippen molar-refractivity contribution in [2.24, 2.45) is 4.99 Å². The van der Waals surface area contributed by atoms with Gasteiger partial charge in [0.25, 0.3) is 5.91 Å². The summed E-state index contributed by atoms with van der Waals surface area (Å²) < 4.78 is 0. The molecule has 1 fully saturated rings. The highest BCUT2D eigenvalue weighted by atomic mass is 16.2. The number of hydrogen-bond acceptors (Lipinski definition) is 4. The Balaban J connectivity index is 2.41. The van der Waals surface area contributed by atoms with E-state index in [1.54, 1.807) is 19.3 Å². The van der Waals surface area contributed by atoms with Crippen molar-refractivity contribution in [1.82, 2.24) is 20.6 Å². The van der Waals surface area contributed by atoms with Crippen LogP contribution in [0.5, 0.6) is 0 Å². The number of nitrogens with zero attached hydrogens (tertiary/aromatic N) is 3. The Morgan fingerprint density at radius 3 is 2.76 bits per heavy atom. The van der Waals surface area contributed by atoms with Gasteiger partial charge in [-0.2, -0.15) is 0 Å². The van der Waals surface area contributed by atoms with Gasteiger partial charge in [-0.1, -0.05) is 0 Å². The van der Waals surface area contributed by atoms with Gasteiger partial charge in [0, 0.05) is 18.9 Å². The van der Waals surface area contributed by atoms with Gasteiger partial charge in [-0.25, -0.2) is 0 Å². The summed E-state index contributed by atoms with van der Waals surface area (Å²) in [5.74, 6) is 0.332. The van der Waals surface area contributed by atoms with Crippen LogP contribution in [0.4, 0.5) is 0 Å². The molecular weight excluding hydrogens is 218 g/mol. The minimum Gasteiger partial charge on any atom is -0.337 e. The molecule has 0 saturated carbocycles. The number of aliphatic imine (C=N–C) groups is 1. The third-order valence-corrected chi connectivity index (χ3v) is 2.73. The van der Waals surface area contributed by atoms with Crippen molar-refractivity contribution in [1.29, 1.82) is 0 Å². The van der Waals surface area contributed by atoms with Crippen molar-refractivity contribution in [3.63, 3.8) is 0 Å². The summed E-state index contributed by atoms with van der Waals surface area (Å²) in [5.41, 5.74) is 0.459. The van der Waals surface area contributed by atoms with Crippen LogP contribution in [0.1, 0.15) is 25.2 Å². The first-order valence-corrected chi connectivity index (χ1v) is 5.50. The Kier molecular flexibility index (Phi) is 2.79. The fourth-order valence-electron chi connectivity index (χ4n) is 1.86. The molecule has 0 aromatic carbocycles. The molecule has 0 bridgehead atoms. The standard InChI is InChI=1S/C11H15N5O/c1-4-12-10-15-9(17)11(3,16-10)8-7(2)13-5-6-14-8/h5-6H,4H2,1-3H3,(H2,12,15,16,17). The monoisotopic (exact) mass is 233 g/mol. The number of nitrogens with one attached hydrogen (secondary N) is 2. The van der Waals surface area contributed by atoms with E-state index < -0.39 is 5.54 Å². The lowest BCUT2D eigenvalue weighted by Crippen LogP contribution is -2.42. The molecule has 2 rings (SSSR count). The molecule has 1 aromatic rings. The molecule has 1 aliphatic rings. The van der Waals surface area contributed by atoms with E-state index in [-0.39, 0.29) is 5.91 Å². The van der Waals surface area contributed by atoms with E-state index in [9.17, 15) is 4.79 Å². The third-order valence-electron chi connectivity index (χ3n) is 2.73. The van der Waals surface area contributed by atoms with E-state index in [2.05, 4.69) is 25.6 Å². The number of rotatable bonds is 2. The van der Waals surface area contributed by atoms with Crippen LogP contribution in [-0.4, -0.2) is 28.4 Å². The first-order valence-electron chi connectivity index (χ1n) is 5.50. The first-order chi connectivity index (χ1) is 8.08. The zero-order valence-electron chi connectivity index (χ0n) is 10.1. The maximum Gasteiger partial charge on any atom is 0.258 e. The summed E-state index contributed by atoms with van der Waals surface area (Å²) >= 11 is 0. The summed E-state index contributed by atoms with van der Waals surface area (Å²) in [6.07, 6.45) is 3.19. The number of aryl methyl sites for hydroxylation is 1. The Bertz CT molecular complexity index is 485. The molecule has 90 valence electrons. The van der Waals surface area contributed by atoms with Gasteiger partial charge in [0.2, 0.25) is 0 Å². The van der Waals surface area contributed by atoms with Gasteiger partial charge in [0.15, 0.2) is 11.5 Å². The van der Waals surface area contributed by atoms with Crippen LogP contribution in [0.3, 0.4) is 0 Å². The van der Waals surface area contributed by atoms with Crippen molar-refractivity contribution in [2.45, 2.75) is 26.3 Å². The molecule has 1 amide bonds. The molecule has 0 aliphatic carbocycles.